The lowest BCUT2D eigenvalue weighted by atomic mass is 10.1. The van der Waals surface area contributed by atoms with Gasteiger partial charge in [-0.2, -0.15) is 0 Å². The number of nitrogens with zero attached hydrogens (tertiary/aromatic N) is 2. The lowest BCUT2D eigenvalue weighted by Crippen LogP contribution is -2.37. The fourth-order valence-electron chi connectivity index (χ4n) is 3.57. The third-order valence-corrected chi connectivity index (χ3v) is 4.80. The molecule has 1 fully saturated rings. The van der Waals surface area contributed by atoms with Crippen LogP contribution in [0.3, 0.4) is 0 Å². The Labute approximate surface area is 155 Å². The minimum absolute atomic E-state index is 0.0504. The highest BCUT2D eigenvalue weighted by atomic mass is 16.2. The van der Waals surface area contributed by atoms with E-state index in [2.05, 4.69) is 6.07 Å². The number of hydrogen-bond acceptors (Lipinski definition) is 2. The number of aryl methyl sites for hydroxylation is 3. The molecule has 2 amide bonds. The molecule has 0 bridgehead atoms. The molecule has 4 heteroatoms. The standard InChI is InChI=1S/C22H26N2O2/c1-16-6-4-7-19(13-16)21(25)23-8-5-9-24(11-10-23)22(26)20-14-17(2)12-18(3)15-20/h4,6-7,12-15H,5,8-11H2,1-3H3. The maximum Gasteiger partial charge on any atom is 0.253 e. The molecule has 0 radical (unpaired) electrons. The highest BCUT2D eigenvalue weighted by Crippen LogP contribution is 2.15. The zero-order chi connectivity index (χ0) is 18.7. The smallest absolute Gasteiger partial charge is 0.253 e. The molecule has 0 aliphatic carbocycles. The van der Waals surface area contributed by atoms with Crippen LogP contribution in [0.4, 0.5) is 0 Å². The first-order valence-electron chi connectivity index (χ1n) is 9.17. The van der Waals surface area contributed by atoms with E-state index in [0.717, 1.165) is 34.2 Å². The van der Waals surface area contributed by atoms with E-state index in [4.69, 9.17) is 0 Å². The minimum atomic E-state index is 0.0504. The van der Waals surface area contributed by atoms with E-state index in [1.54, 1.807) is 0 Å². The van der Waals surface area contributed by atoms with Crippen LogP contribution >= 0.6 is 0 Å². The van der Waals surface area contributed by atoms with Crippen molar-refractivity contribution < 1.29 is 9.59 Å². The summed E-state index contributed by atoms with van der Waals surface area (Å²) in [6, 6.07) is 13.6. The second kappa shape index (κ2) is 7.73. The van der Waals surface area contributed by atoms with Gasteiger partial charge in [-0.05, 0) is 51.5 Å². The maximum atomic E-state index is 12.9. The van der Waals surface area contributed by atoms with E-state index >= 15 is 0 Å². The van der Waals surface area contributed by atoms with E-state index in [9.17, 15) is 9.59 Å². The highest BCUT2D eigenvalue weighted by Gasteiger charge is 2.23. The summed E-state index contributed by atoms with van der Waals surface area (Å²) in [6.07, 6.45) is 0.800. The first-order valence-corrected chi connectivity index (χ1v) is 9.17. The molecular formula is C22H26N2O2. The maximum absolute atomic E-state index is 12.9. The molecule has 0 aromatic heterocycles. The van der Waals surface area contributed by atoms with Gasteiger partial charge in [0.2, 0.25) is 0 Å². The van der Waals surface area contributed by atoms with Crippen molar-refractivity contribution in [1.82, 2.24) is 9.80 Å². The Bertz CT molecular complexity index is 808. The van der Waals surface area contributed by atoms with Gasteiger partial charge in [-0.1, -0.05) is 34.9 Å². The average molecular weight is 350 g/mol. The van der Waals surface area contributed by atoms with Crippen LogP contribution in [0.5, 0.6) is 0 Å². The number of carbonyl (C=O) groups is 2. The zero-order valence-corrected chi connectivity index (χ0v) is 15.8. The van der Waals surface area contributed by atoms with Gasteiger partial charge in [0.1, 0.15) is 0 Å². The van der Waals surface area contributed by atoms with Gasteiger partial charge in [-0.3, -0.25) is 9.59 Å². The third kappa shape index (κ3) is 4.13. The average Bonchev–Trinajstić information content (AvgIpc) is 2.85. The summed E-state index contributed by atoms with van der Waals surface area (Å²) >= 11 is 0. The van der Waals surface area contributed by atoms with E-state index in [0.29, 0.717) is 26.2 Å². The Morgan fingerprint density at radius 2 is 1.23 bits per heavy atom. The number of rotatable bonds is 2. The zero-order valence-electron chi connectivity index (χ0n) is 15.8. The molecule has 3 rings (SSSR count). The number of carbonyl (C=O) groups excluding carboxylic acids is 2. The van der Waals surface area contributed by atoms with Crippen molar-refractivity contribution in [2.24, 2.45) is 0 Å². The topological polar surface area (TPSA) is 40.6 Å². The summed E-state index contributed by atoms with van der Waals surface area (Å²) in [5, 5.41) is 0. The van der Waals surface area contributed by atoms with Crippen molar-refractivity contribution in [1.29, 1.82) is 0 Å². The lowest BCUT2D eigenvalue weighted by molar-refractivity contribution is 0.0718. The van der Waals surface area contributed by atoms with Crippen LogP contribution in [0.25, 0.3) is 0 Å². The molecule has 1 aliphatic heterocycles. The predicted octanol–water partition coefficient (Wildman–Crippen LogP) is 3.60. The highest BCUT2D eigenvalue weighted by molar-refractivity contribution is 5.95. The second-order valence-electron chi connectivity index (χ2n) is 7.18. The monoisotopic (exact) mass is 350 g/mol. The van der Waals surface area contributed by atoms with Crippen LogP contribution < -0.4 is 0 Å². The third-order valence-electron chi connectivity index (χ3n) is 4.80. The molecule has 0 atom stereocenters. The van der Waals surface area contributed by atoms with Crippen LogP contribution in [-0.4, -0.2) is 47.8 Å². The second-order valence-corrected chi connectivity index (χ2v) is 7.18. The normalized spacial score (nSPS) is 14.9. The lowest BCUT2D eigenvalue weighted by Gasteiger charge is -2.22. The molecule has 0 N–H and O–H groups in total. The molecular weight excluding hydrogens is 324 g/mol. The molecule has 0 unspecified atom stereocenters. The van der Waals surface area contributed by atoms with Gasteiger partial charge < -0.3 is 9.80 Å². The van der Waals surface area contributed by atoms with Crippen LogP contribution in [0.1, 0.15) is 43.8 Å². The van der Waals surface area contributed by atoms with E-state index in [1.165, 1.54) is 0 Å². The molecule has 26 heavy (non-hydrogen) atoms. The fraction of sp³-hybridized carbons (Fsp3) is 0.364. The fourth-order valence-corrected chi connectivity index (χ4v) is 3.57. The van der Waals surface area contributed by atoms with Gasteiger partial charge in [-0.25, -0.2) is 0 Å². The van der Waals surface area contributed by atoms with Gasteiger partial charge in [-0.15, -0.1) is 0 Å². The molecule has 2 aromatic carbocycles. The van der Waals surface area contributed by atoms with Gasteiger partial charge in [0, 0.05) is 37.3 Å². The van der Waals surface area contributed by atoms with Crippen molar-refractivity contribution in [3.63, 3.8) is 0 Å². The van der Waals surface area contributed by atoms with Crippen molar-refractivity contribution in [2.75, 3.05) is 26.2 Å². The van der Waals surface area contributed by atoms with Crippen molar-refractivity contribution in [3.8, 4) is 0 Å². The van der Waals surface area contributed by atoms with E-state index < -0.39 is 0 Å². The number of amides is 2. The summed E-state index contributed by atoms with van der Waals surface area (Å²) in [5.74, 6) is 0.107. The molecule has 2 aromatic rings. The van der Waals surface area contributed by atoms with Gasteiger partial charge in [0.05, 0.1) is 0 Å². The van der Waals surface area contributed by atoms with Gasteiger partial charge >= 0.3 is 0 Å². The quantitative estimate of drug-likeness (QED) is 0.830. The van der Waals surface area contributed by atoms with E-state index in [-0.39, 0.29) is 11.8 Å². The molecule has 1 saturated heterocycles. The number of benzene rings is 2. The molecule has 136 valence electrons. The van der Waals surface area contributed by atoms with Gasteiger partial charge in [0.25, 0.3) is 11.8 Å². The summed E-state index contributed by atoms with van der Waals surface area (Å²) < 4.78 is 0. The molecule has 1 heterocycles. The van der Waals surface area contributed by atoms with Crippen molar-refractivity contribution in [2.45, 2.75) is 27.2 Å². The van der Waals surface area contributed by atoms with Crippen LogP contribution in [0.15, 0.2) is 42.5 Å². The molecule has 1 aliphatic rings. The first-order chi connectivity index (χ1) is 12.4. The Balaban J connectivity index is 1.70. The summed E-state index contributed by atoms with van der Waals surface area (Å²) in [6.45, 7) is 8.52. The van der Waals surface area contributed by atoms with Gasteiger partial charge in [0.15, 0.2) is 0 Å². The van der Waals surface area contributed by atoms with Crippen LogP contribution in [-0.2, 0) is 0 Å². The Morgan fingerprint density at radius 1 is 0.692 bits per heavy atom. The summed E-state index contributed by atoms with van der Waals surface area (Å²) in [4.78, 5) is 29.4. The van der Waals surface area contributed by atoms with Crippen molar-refractivity contribution in [3.05, 3.63) is 70.3 Å². The number of hydrogen-bond donors (Lipinski definition) is 0. The van der Waals surface area contributed by atoms with Crippen LogP contribution in [0, 0.1) is 20.8 Å². The SMILES string of the molecule is Cc1cccc(C(=O)N2CCCN(C(=O)c3cc(C)cc(C)c3)CC2)c1. The minimum Gasteiger partial charge on any atom is -0.337 e. The largest absolute Gasteiger partial charge is 0.337 e. The Morgan fingerprint density at radius 3 is 1.81 bits per heavy atom. The Hall–Kier alpha value is -2.62. The first kappa shape index (κ1) is 18.2. The van der Waals surface area contributed by atoms with Crippen molar-refractivity contribution >= 4 is 11.8 Å². The molecule has 4 nitrogen and oxygen atoms in total. The Kier molecular flexibility index (Phi) is 5.40. The van der Waals surface area contributed by atoms with Crippen LogP contribution in [0.2, 0.25) is 0 Å². The molecule has 0 spiro atoms. The molecule has 0 saturated carbocycles. The summed E-state index contributed by atoms with van der Waals surface area (Å²) in [7, 11) is 0. The summed E-state index contributed by atoms with van der Waals surface area (Å²) in [5.41, 5.74) is 4.73. The predicted molar refractivity (Wildman–Crippen MR) is 104 cm³/mol. The van der Waals surface area contributed by atoms with E-state index in [1.807, 2.05) is 67.0 Å².